The van der Waals surface area contributed by atoms with E-state index in [1.54, 1.807) is 6.20 Å². The first-order valence-corrected chi connectivity index (χ1v) is 6.28. The Morgan fingerprint density at radius 1 is 1.47 bits per heavy atom. The van der Waals surface area contributed by atoms with Crippen LogP contribution in [0.25, 0.3) is 5.69 Å². The fourth-order valence-corrected chi connectivity index (χ4v) is 2.23. The second kappa shape index (κ2) is 5.15. The van der Waals surface area contributed by atoms with E-state index in [1.165, 1.54) is 0 Å². The molecule has 86 valence electrons. The van der Waals surface area contributed by atoms with Crippen molar-refractivity contribution < 1.29 is 0 Å². The maximum absolute atomic E-state index is 9.21. The van der Waals surface area contributed by atoms with Crippen LogP contribution in [0.1, 0.15) is 24.7 Å². The van der Waals surface area contributed by atoms with Gasteiger partial charge in [0, 0.05) is 23.3 Å². The molecule has 0 aliphatic heterocycles. The van der Waals surface area contributed by atoms with Crippen molar-refractivity contribution in [2.24, 2.45) is 0 Å². The van der Waals surface area contributed by atoms with E-state index in [9.17, 15) is 5.26 Å². The zero-order valence-corrected chi connectivity index (χ0v) is 11.1. The van der Waals surface area contributed by atoms with E-state index in [2.05, 4.69) is 33.9 Å². The van der Waals surface area contributed by atoms with Crippen LogP contribution in [0, 0.1) is 11.3 Å². The fourth-order valence-electron chi connectivity index (χ4n) is 1.79. The Balaban J connectivity index is 2.57. The fraction of sp³-hybridized carbons (Fsp3) is 0.231. The van der Waals surface area contributed by atoms with Gasteiger partial charge in [0.1, 0.15) is 11.9 Å². The van der Waals surface area contributed by atoms with E-state index < -0.39 is 0 Å². The molecule has 1 heterocycles. The molecule has 0 bridgehead atoms. The van der Waals surface area contributed by atoms with Crippen LogP contribution in [0.15, 0.2) is 35.1 Å². The minimum absolute atomic E-state index is 0.642. The molecule has 2 rings (SSSR count). The van der Waals surface area contributed by atoms with Gasteiger partial charge in [-0.25, -0.2) is 4.98 Å². The number of hydrogen-bond acceptors (Lipinski definition) is 2. The van der Waals surface area contributed by atoms with Crippen LogP contribution in [0.2, 0.25) is 0 Å². The Morgan fingerprint density at radius 2 is 2.29 bits per heavy atom. The van der Waals surface area contributed by atoms with Crippen molar-refractivity contribution in [2.45, 2.75) is 19.8 Å². The van der Waals surface area contributed by atoms with Crippen molar-refractivity contribution in [3.05, 3.63) is 46.5 Å². The smallest absolute Gasteiger partial charge is 0.113 e. The summed E-state index contributed by atoms with van der Waals surface area (Å²) in [5.74, 6) is 0.988. The first-order valence-electron chi connectivity index (χ1n) is 5.49. The lowest BCUT2D eigenvalue weighted by Gasteiger charge is -2.09. The molecule has 0 aliphatic carbocycles. The highest BCUT2D eigenvalue weighted by Gasteiger charge is 2.10. The number of benzene rings is 1. The van der Waals surface area contributed by atoms with Gasteiger partial charge in [-0.15, -0.1) is 0 Å². The van der Waals surface area contributed by atoms with E-state index >= 15 is 0 Å². The lowest BCUT2D eigenvalue weighted by atomic mass is 10.2. The topological polar surface area (TPSA) is 41.6 Å². The number of hydrogen-bond donors (Lipinski definition) is 0. The number of nitrogens with zero attached hydrogens (tertiary/aromatic N) is 3. The first kappa shape index (κ1) is 11.9. The summed E-state index contributed by atoms with van der Waals surface area (Å²) in [5, 5.41) is 9.21. The van der Waals surface area contributed by atoms with Gasteiger partial charge in [0.15, 0.2) is 0 Å². The molecular weight excluding hydrogens is 278 g/mol. The van der Waals surface area contributed by atoms with E-state index in [0.29, 0.717) is 5.56 Å². The molecule has 1 aromatic carbocycles. The third kappa shape index (κ3) is 2.25. The predicted octanol–water partition coefficient (Wildman–Crippen LogP) is 3.46. The van der Waals surface area contributed by atoms with Gasteiger partial charge in [-0.05, 0) is 34.5 Å². The number of imidazole rings is 1. The summed E-state index contributed by atoms with van der Waals surface area (Å²) >= 11 is 3.40. The number of aryl methyl sites for hydroxylation is 1. The SMILES string of the molecule is CCCc1nccn1-c1cccc(Br)c1C#N. The van der Waals surface area contributed by atoms with E-state index in [4.69, 9.17) is 0 Å². The molecule has 0 N–H and O–H groups in total. The van der Waals surface area contributed by atoms with E-state index in [-0.39, 0.29) is 0 Å². The molecule has 2 aromatic rings. The number of nitriles is 1. The maximum atomic E-state index is 9.21. The quantitative estimate of drug-likeness (QED) is 0.868. The molecule has 0 radical (unpaired) electrons. The van der Waals surface area contributed by atoms with Crippen LogP contribution in [0.4, 0.5) is 0 Å². The molecule has 0 aliphatic rings. The van der Waals surface area contributed by atoms with Gasteiger partial charge in [-0.2, -0.15) is 5.26 Å². The Kier molecular flexibility index (Phi) is 3.60. The minimum atomic E-state index is 0.642. The molecular formula is C13H12BrN3. The average Bonchev–Trinajstić information content (AvgIpc) is 2.77. The van der Waals surface area contributed by atoms with Crippen molar-refractivity contribution in [1.29, 1.82) is 5.26 Å². The number of halogens is 1. The van der Waals surface area contributed by atoms with Crippen LogP contribution < -0.4 is 0 Å². The van der Waals surface area contributed by atoms with Gasteiger partial charge in [0.05, 0.1) is 11.3 Å². The normalized spacial score (nSPS) is 10.2. The van der Waals surface area contributed by atoms with Crippen molar-refractivity contribution in [1.82, 2.24) is 9.55 Å². The van der Waals surface area contributed by atoms with Gasteiger partial charge in [0.2, 0.25) is 0 Å². The Morgan fingerprint density at radius 3 is 3.00 bits per heavy atom. The third-order valence-corrected chi connectivity index (χ3v) is 3.21. The molecule has 0 amide bonds. The van der Waals surface area contributed by atoms with Gasteiger partial charge in [-0.1, -0.05) is 13.0 Å². The second-order valence-electron chi connectivity index (χ2n) is 3.71. The maximum Gasteiger partial charge on any atom is 0.113 e. The molecule has 0 unspecified atom stereocenters. The van der Waals surface area contributed by atoms with E-state index in [1.807, 2.05) is 29.0 Å². The number of rotatable bonds is 3. The number of aromatic nitrogens is 2. The molecule has 0 saturated heterocycles. The van der Waals surface area contributed by atoms with Crippen LogP contribution in [-0.2, 0) is 6.42 Å². The van der Waals surface area contributed by atoms with Crippen LogP contribution in [0.5, 0.6) is 0 Å². The third-order valence-electron chi connectivity index (χ3n) is 2.55. The first-order chi connectivity index (χ1) is 8.27. The summed E-state index contributed by atoms with van der Waals surface area (Å²) in [4.78, 5) is 4.33. The van der Waals surface area contributed by atoms with Gasteiger partial charge < -0.3 is 4.57 Å². The van der Waals surface area contributed by atoms with Crippen molar-refractivity contribution in [3.63, 3.8) is 0 Å². The van der Waals surface area contributed by atoms with E-state index in [0.717, 1.165) is 28.8 Å². The molecule has 0 atom stereocenters. The predicted molar refractivity (Wildman–Crippen MR) is 70.0 cm³/mol. The van der Waals surface area contributed by atoms with Gasteiger partial charge in [0.25, 0.3) is 0 Å². The van der Waals surface area contributed by atoms with Gasteiger partial charge in [-0.3, -0.25) is 0 Å². The minimum Gasteiger partial charge on any atom is -0.302 e. The lowest BCUT2D eigenvalue weighted by molar-refractivity contribution is 0.808. The Bertz CT molecular complexity index is 566. The van der Waals surface area contributed by atoms with Gasteiger partial charge >= 0.3 is 0 Å². The molecule has 1 aromatic heterocycles. The summed E-state index contributed by atoms with van der Waals surface area (Å²) in [6.45, 7) is 2.12. The second-order valence-corrected chi connectivity index (χ2v) is 4.56. The molecule has 0 saturated carbocycles. The molecule has 4 heteroatoms. The van der Waals surface area contributed by atoms with Crippen LogP contribution >= 0.6 is 15.9 Å². The zero-order chi connectivity index (χ0) is 12.3. The summed E-state index contributed by atoms with van der Waals surface area (Å²) in [6.07, 6.45) is 5.61. The summed E-state index contributed by atoms with van der Waals surface area (Å²) in [5.41, 5.74) is 1.52. The lowest BCUT2D eigenvalue weighted by Crippen LogP contribution is -2.02. The standard InChI is InChI=1S/C13H12BrN3/c1-2-4-13-16-7-8-17(13)12-6-3-5-11(14)10(12)9-15/h3,5-8H,2,4H2,1H3. The summed E-state index contributed by atoms with van der Waals surface area (Å²) < 4.78 is 2.79. The molecule has 0 spiro atoms. The largest absolute Gasteiger partial charge is 0.302 e. The highest BCUT2D eigenvalue weighted by atomic mass is 79.9. The average molecular weight is 290 g/mol. The highest BCUT2D eigenvalue weighted by Crippen LogP contribution is 2.24. The summed E-state index contributed by atoms with van der Waals surface area (Å²) in [7, 11) is 0. The summed E-state index contributed by atoms with van der Waals surface area (Å²) in [6, 6.07) is 7.96. The van der Waals surface area contributed by atoms with Crippen LogP contribution in [-0.4, -0.2) is 9.55 Å². The molecule has 3 nitrogen and oxygen atoms in total. The monoisotopic (exact) mass is 289 g/mol. The van der Waals surface area contributed by atoms with Crippen molar-refractivity contribution in [3.8, 4) is 11.8 Å². The Hall–Kier alpha value is -1.60. The highest BCUT2D eigenvalue weighted by molar-refractivity contribution is 9.10. The Labute approximate surface area is 109 Å². The molecule has 17 heavy (non-hydrogen) atoms. The molecule has 0 fully saturated rings. The van der Waals surface area contributed by atoms with Crippen molar-refractivity contribution >= 4 is 15.9 Å². The zero-order valence-electron chi connectivity index (χ0n) is 9.52. The van der Waals surface area contributed by atoms with Crippen molar-refractivity contribution in [2.75, 3.05) is 0 Å². The van der Waals surface area contributed by atoms with Crippen LogP contribution in [0.3, 0.4) is 0 Å².